The zero-order valence-electron chi connectivity index (χ0n) is 37.1. The van der Waals surface area contributed by atoms with E-state index in [2.05, 4.69) is 106 Å². The molecule has 0 bridgehead atoms. The van der Waals surface area contributed by atoms with Crippen LogP contribution in [0.2, 0.25) is 0 Å². The van der Waals surface area contributed by atoms with Gasteiger partial charge >= 0.3 is 0 Å². The summed E-state index contributed by atoms with van der Waals surface area (Å²) in [4.78, 5) is 14.2. The number of benzene rings is 1. The van der Waals surface area contributed by atoms with Gasteiger partial charge in [0, 0.05) is 27.0 Å². The molecule has 2 nitrogen and oxygen atoms in total. The first kappa shape index (κ1) is 49.2. The van der Waals surface area contributed by atoms with Crippen LogP contribution in [0.5, 0.6) is 0 Å². The summed E-state index contributed by atoms with van der Waals surface area (Å²) in [6.07, 6.45) is 39.6. The fourth-order valence-corrected chi connectivity index (χ4v) is 13.0. The van der Waals surface area contributed by atoms with E-state index in [9.17, 15) is 0 Å². The Bertz CT molecular complexity index is 1760. The number of aromatic nitrogens is 2. The zero-order chi connectivity index (χ0) is 41.8. The van der Waals surface area contributed by atoms with Crippen LogP contribution in [-0.2, 0) is 12.8 Å². The standard InChI is InChI=1S/C28H37FN2S2.2C12H20S/c1-3-5-7-9-11-22-13-17-32(20-22)25-19-24(29)28(27-26(25)30-15-16-31-27)33-18-14-23(21-33)12-10-8-6-4-2;2*1-2-3-4-5-6-7-9-12-10-8-11-13-12/h13-21,32-33H,3-12H2,1-2H3;2*8,10-11H,2-7,9H2,1H3. The Hall–Kier alpha value is -2.45. The van der Waals surface area contributed by atoms with Crippen molar-refractivity contribution >= 4 is 55.5 Å². The van der Waals surface area contributed by atoms with Crippen LogP contribution in [0.15, 0.2) is 108 Å². The van der Waals surface area contributed by atoms with E-state index in [0.29, 0.717) is 0 Å². The average molecular weight is 877 g/mol. The quantitative estimate of drug-likeness (QED) is 0.0485. The molecule has 7 heteroatoms. The lowest BCUT2D eigenvalue weighted by Gasteiger charge is -2.19. The summed E-state index contributed by atoms with van der Waals surface area (Å²) < 4.78 is 15.6. The molecule has 2 aliphatic heterocycles. The molecule has 3 aromatic heterocycles. The summed E-state index contributed by atoms with van der Waals surface area (Å²) in [7, 11) is -1.49. The predicted molar refractivity (Wildman–Crippen MR) is 269 cm³/mol. The lowest BCUT2D eigenvalue weighted by Crippen LogP contribution is -1.95. The SMILES string of the molecule is CCCCCCC1=C[SH](c2cc(F)c([SH]3C=CC(CCCCCC)=C3)c3nccnc23)C=C1.CCCCCCCCc1cccs1.CCCCCCCCc1cccs1. The minimum absolute atomic E-state index is 0.127. The number of fused-ring (bicyclic) bond motifs is 1. The molecule has 1 aromatic carbocycles. The van der Waals surface area contributed by atoms with Crippen LogP contribution in [0.3, 0.4) is 0 Å². The first-order valence-corrected chi connectivity index (χ1v) is 28.1. The smallest absolute Gasteiger partial charge is 0.139 e. The van der Waals surface area contributed by atoms with Gasteiger partial charge in [-0.05, 0) is 113 Å². The highest BCUT2D eigenvalue weighted by Crippen LogP contribution is 2.53. The van der Waals surface area contributed by atoms with Crippen molar-refractivity contribution in [1.82, 2.24) is 9.97 Å². The number of thiol groups is 2. The third kappa shape index (κ3) is 18.6. The number of rotatable bonds is 26. The van der Waals surface area contributed by atoms with Gasteiger partial charge in [0.1, 0.15) is 16.9 Å². The lowest BCUT2D eigenvalue weighted by atomic mass is 10.1. The Kier molecular flexibility index (Phi) is 25.5. The molecular formula is C52H77FN2S4. The second-order valence-electron chi connectivity index (χ2n) is 16.1. The summed E-state index contributed by atoms with van der Waals surface area (Å²) >= 11 is 3.78. The third-order valence-corrected chi connectivity index (χ3v) is 16.9. The molecule has 326 valence electrons. The number of hydrogen-bond donors (Lipinski definition) is 2. The number of hydrogen-bond acceptors (Lipinski definition) is 4. The first-order valence-electron chi connectivity index (χ1n) is 23.4. The summed E-state index contributed by atoms with van der Waals surface area (Å²) in [6.45, 7) is 9.02. The summed E-state index contributed by atoms with van der Waals surface area (Å²) in [6, 6.07) is 10.5. The van der Waals surface area contributed by atoms with Crippen LogP contribution in [0.1, 0.15) is 179 Å². The highest BCUT2D eigenvalue weighted by Gasteiger charge is 2.22. The van der Waals surface area contributed by atoms with Crippen molar-refractivity contribution in [2.75, 3.05) is 0 Å². The Morgan fingerprint density at radius 3 is 1.42 bits per heavy atom. The van der Waals surface area contributed by atoms with Gasteiger partial charge < -0.3 is 0 Å². The molecule has 0 N–H and O–H groups in total. The van der Waals surface area contributed by atoms with Crippen molar-refractivity contribution in [2.24, 2.45) is 0 Å². The number of allylic oxidation sites excluding steroid dienone is 4. The molecule has 0 fully saturated rings. The second-order valence-corrected chi connectivity index (χ2v) is 21.9. The van der Waals surface area contributed by atoms with Crippen molar-refractivity contribution in [3.05, 3.63) is 114 Å². The number of halogens is 1. The molecule has 4 aromatic rings. The van der Waals surface area contributed by atoms with Crippen molar-refractivity contribution in [1.29, 1.82) is 0 Å². The van der Waals surface area contributed by atoms with E-state index in [0.717, 1.165) is 33.7 Å². The van der Waals surface area contributed by atoms with Crippen LogP contribution in [0.4, 0.5) is 4.39 Å². The molecule has 6 rings (SSSR count). The summed E-state index contributed by atoms with van der Waals surface area (Å²) in [5.74, 6) is -0.127. The summed E-state index contributed by atoms with van der Waals surface area (Å²) in [5, 5.41) is 13.4. The van der Waals surface area contributed by atoms with Gasteiger partial charge in [0.25, 0.3) is 0 Å². The van der Waals surface area contributed by atoms with Crippen LogP contribution in [-0.4, -0.2) is 9.97 Å². The maximum absolute atomic E-state index is 15.6. The molecule has 0 spiro atoms. The second kappa shape index (κ2) is 30.6. The van der Waals surface area contributed by atoms with Gasteiger partial charge in [-0.2, -0.15) is 21.8 Å². The van der Waals surface area contributed by atoms with Crippen LogP contribution in [0, 0.1) is 5.82 Å². The Morgan fingerprint density at radius 2 is 0.932 bits per heavy atom. The maximum atomic E-state index is 15.6. The maximum Gasteiger partial charge on any atom is 0.139 e. The van der Waals surface area contributed by atoms with Crippen LogP contribution < -0.4 is 0 Å². The molecular weight excluding hydrogens is 800 g/mol. The Morgan fingerprint density at radius 1 is 0.508 bits per heavy atom. The van der Waals surface area contributed by atoms with E-state index < -0.39 is 21.8 Å². The third-order valence-electron chi connectivity index (χ3n) is 11.1. The van der Waals surface area contributed by atoms with Crippen molar-refractivity contribution < 1.29 is 4.39 Å². The predicted octanol–water partition coefficient (Wildman–Crippen LogP) is 18.6. The highest BCUT2D eigenvalue weighted by atomic mass is 32.2. The fraction of sp³-hybridized carbons (Fsp3) is 0.538. The molecule has 0 radical (unpaired) electrons. The molecule has 59 heavy (non-hydrogen) atoms. The molecule has 0 saturated heterocycles. The molecule has 5 heterocycles. The lowest BCUT2D eigenvalue weighted by molar-refractivity contribution is 0.601. The normalized spacial score (nSPS) is 16.8. The number of thiophene rings is 2. The van der Waals surface area contributed by atoms with Gasteiger partial charge in [0.2, 0.25) is 0 Å². The van der Waals surface area contributed by atoms with Gasteiger partial charge in [-0.15, -0.1) is 22.7 Å². The molecule has 2 atom stereocenters. The molecule has 2 aliphatic rings. The molecule has 0 amide bonds. The topological polar surface area (TPSA) is 25.8 Å². The van der Waals surface area contributed by atoms with Crippen LogP contribution >= 0.6 is 44.5 Å². The van der Waals surface area contributed by atoms with Gasteiger partial charge in [-0.25, -0.2) is 4.39 Å². The Balaban J connectivity index is 0.000000242. The Labute approximate surface area is 373 Å². The minimum atomic E-state index is -0.816. The van der Waals surface area contributed by atoms with Crippen molar-refractivity contribution in [2.45, 2.75) is 192 Å². The van der Waals surface area contributed by atoms with E-state index in [1.165, 1.54) is 152 Å². The van der Waals surface area contributed by atoms with Gasteiger partial charge in [-0.1, -0.05) is 155 Å². The average Bonchev–Trinajstić information content (AvgIpc) is 4.11. The molecule has 0 saturated carbocycles. The van der Waals surface area contributed by atoms with Gasteiger partial charge in [0.15, 0.2) is 0 Å². The van der Waals surface area contributed by atoms with Gasteiger partial charge in [-0.3, -0.25) is 9.97 Å². The van der Waals surface area contributed by atoms with E-state index >= 15 is 4.39 Å². The number of aryl methyl sites for hydroxylation is 2. The van der Waals surface area contributed by atoms with E-state index in [-0.39, 0.29) is 5.82 Å². The monoisotopic (exact) mass is 876 g/mol. The summed E-state index contributed by atoms with van der Waals surface area (Å²) in [5.41, 5.74) is 4.34. The number of unbranched alkanes of at least 4 members (excludes halogenated alkanes) is 16. The largest absolute Gasteiger partial charge is 0.252 e. The van der Waals surface area contributed by atoms with E-state index in [1.54, 1.807) is 28.2 Å². The van der Waals surface area contributed by atoms with Crippen LogP contribution in [0.25, 0.3) is 11.0 Å². The van der Waals surface area contributed by atoms with Crippen molar-refractivity contribution in [3.8, 4) is 0 Å². The number of nitrogens with zero attached hydrogens (tertiary/aromatic N) is 2. The highest BCUT2D eigenvalue weighted by molar-refractivity contribution is 8.23. The molecule has 0 aliphatic carbocycles. The van der Waals surface area contributed by atoms with Gasteiger partial charge in [0.05, 0.1) is 4.90 Å². The van der Waals surface area contributed by atoms with Crippen molar-refractivity contribution in [3.63, 3.8) is 0 Å². The fourth-order valence-electron chi connectivity index (χ4n) is 7.56. The van der Waals surface area contributed by atoms with E-state index in [4.69, 9.17) is 0 Å². The molecule has 2 unspecified atom stereocenters. The zero-order valence-corrected chi connectivity index (χ0v) is 40.5. The first-order chi connectivity index (χ1) is 29.1. The van der Waals surface area contributed by atoms with E-state index in [1.807, 2.05) is 22.7 Å². The minimum Gasteiger partial charge on any atom is -0.252 e.